The van der Waals surface area contributed by atoms with Crippen LogP contribution in [0.5, 0.6) is 0 Å². The van der Waals surface area contributed by atoms with Crippen LogP contribution >= 0.6 is 0 Å². The van der Waals surface area contributed by atoms with E-state index in [1.165, 1.54) is 0 Å². The minimum atomic E-state index is -0.669. The molecule has 0 bridgehead atoms. The first kappa shape index (κ1) is 13.3. The molecule has 100 valence electrons. The number of benzene rings is 1. The van der Waals surface area contributed by atoms with E-state index in [1.54, 1.807) is 17.8 Å². The molecule has 0 saturated heterocycles. The highest BCUT2D eigenvalue weighted by Crippen LogP contribution is 2.15. The number of imidazole rings is 1. The molecule has 0 unspecified atom stereocenters. The minimum absolute atomic E-state index is 0.339. The highest BCUT2D eigenvalue weighted by molar-refractivity contribution is 5.75. The Balaban J connectivity index is 2.04. The monoisotopic (exact) mass is 259 g/mol. The summed E-state index contributed by atoms with van der Waals surface area (Å²) in [6.45, 7) is 2.46. The number of ether oxygens (including phenoxy) is 1. The van der Waals surface area contributed by atoms with E-state index >= 15 is 0 Å². The Bertz CT molecular complexity index is 537. The lowest BCUT2D eigenvalue weighted by molar-refractivity contribution is -0.145. The van der Waals surface area contributed by atoms with E-state index in [0.29, 0.717) is 13.2 Å². The molecule has 0 radical (unpaired) electrons. The maximum atomic E-state index is 11.4. The quantitative estimate of drug-likeness (QED) is 0.825. The van der Waals surface area contributed by atoms with E-state index in [-0.39, 0.29) is 0 Å². The van der Waals surface area contributed by atoms with E-state index in [4.69, 9.17) is 10.5 Å². The summed E-state index contributed by atoms with van der Waals surface area (Å²) in [5, 5.41) is 0. The van der Waals surface area contributed by atoms with Gasteiger partial charge in [0.25, 0.3) is 0 Å². The molecule has 0 aliphatic rings. The summed E-state index contributed by atoms with van der Waals surface area (Å²) in [7, 11) is 0. The number of nitrogens with two attached hydrogens (primary N) is 1. The molecule has 1 atom stereocenters. The van der Waals surface area contributed by atoms with Crippen LogP contribution in [0.1, 0.15) is 6.92 Å². The normalized spacial score (nSPS) is 12.1. The summed E-state index contributed by atoms with van der Waals surface area (Å²) in [4.78, 5) is 15.7. The summed E-state index contributed by atoms with van der Waals surface area (Å²) in [5.74, 6) is -0.391. The third-order valence-corrected chi connectivity index (χ3v) is 2.70. The van der Waals surface area contributed by atoms with Gasteiger partial charge in [0.15, 0.2) is 0 Å². The van der Waals surface area contributed by atoms with Gasteiger partial charge in [-0.25, -0.2) is 4.98 Å². The number of aromatic nitrogens is 2. The van der Waals surface area contributed by atoms with Crippen LogP contribution in [-0.2, 0) is 16.1 Å². The van der Waals surface area contributed by atoms with Crippen molar-refractivity contribution in [1.29, 1.82) is 0 Å². The average molecular weight is 259 g/mol. The van der Waals surface area contributed by atoms with Gasteiger partial charge in [0.2, 0.25) is 0 Å². The second-order valence-corrected chi connectivity index (χ2v) is 4.18. The van der Waals surface area contributed by atoms with Gasteiger partial charge in [-0.3, -0.25) is 4.79 Å². The molecule has 2 rings (SSSR count). The largest absolute Gasteiger partial charge is 0.465 e. The predicted molar refractivity (Wildman–Crippen MR) is 72.3 cm³/mol. The van der Waals surface area contributed by atoms with Crippen molar-refractivity contribution in [2.75, 3.05) is 6.61 Å². The van der Waals surface area contributed by atoms with Crippen molar-refractivity contribution in [3.8, 4) is 11.3 Å². The highest BCUT2D eigenvalue weighted by Gasteiger charge is 2.15. The third-order valence-electron chi connectivity index (χ3n) is 2.70. The van der Waals surface area contributed by atoms with E-state index in [1.807, 2.05) is 36.5 Å². The third kappa shape index (κ3) is 3.42. The number of hydrogen-bond acceptors (Lipinski definition) is 4. The van der Waals surface area contributed by atoms with Crippen molar-refractivity contribution < 1.29 is 9.53 Å². The van der Waals surface area contributed by atoms with Gasteiger partial charge >= 0.3 is 5.97 Å². The average Bonchev–Trinajstić information content (AvgIpc) is 2.88. The summed E-state index contributed by atoms with van der Waals surface area (Å²) >= 11 is 0. The van der Waals surface area contributed by atoms with Crippen LogP contribution in [0.15, 0.2) is 42.9 Å². The minimum Gasteiger partial charge on any atom is -0.465 e. The zero-order valence-corrected chi connectivity index (χ0v) is 10.8. The van der Waals surface area contributed by atoms with Crippen molar-refractivity contribution in [2.24, 2.45) is 5.73 Å². The molecule has 0 aliphatic carbocycles. The van der Waals surface area contributed by atoms with Crippen molar-refractivity contribution >= 4 is 5.97 Å². The molecule has 1 aromatic carbocycles. The number of rotatable bonds is 5. The molecule has 2 aromatic rings. The molecular formula is C14H17N3O2. The van der Waals surface area contributed by atoms with Gasteiger partial charge in [0.1, 0.15) is 6.04 Å². The number of carbonyl (C=O) groups excluding carboxylic acids is 1. The molecule has 5 nitrogen and oxygen atoms in total. The van der Waals surface area contributed by atoms with Crippen LogP contribution in [0.2, 0.25) is 0 Å². The Hall–Kier alpha value is -2.14. The number of carbonyl (C=O) groups is 1. The van der Waals surface area contributed by atoms with Gasteiger partial charge in [-0.15, -0.1) is 0 Å². The SMILES string of the molecule is CCOC(=O)[C@@H](N)Cn1cnc(-c2ccccc2)c1. The lowest BCUT2D eigenvalue weighted by Crippen LogP contribution is -2.36. The Morgan fingerprint density at radius 1 is 1.42 bits per heavy atom. The zero-order chi connectivity index (χ0) is 13.7. The fraction of sp³-hybridized carbons (Fsp3) is 0.286. The van der Waals surface area contributed by atoms with Crippen LogP contribution in [0.4, 0.5) is 0 Å². The Morgan fingerprint density at radius 2 is 2.16 bits per heavy atom. The van der Waals surface area contributed by atoms with Gasteiger partial charge in [0, 0.05) is 18.3 Å². The first-order valence-electron chi connectivity index (χ1n) is 6.20. The summed E-state index contributed by atoms with van der Waals surface area (Å²) in [5.41, 5.74) is 7.65. The second kappa shape index (κ2) is 6.15. The Labute approximate surface area is 112 Å². The van der Waals surface area contributed by atoms with Gasteiger partial charge < -0.3 is 15.0 Å². The Morgan fingerprint density at radius 3 is 2.84 bits per heavy atom. The van der Waals surface area contributed by atoms with Crippen LogP contribution < -0.4 is 5.73 Å². The van der Waals surface area contributed by atoms with Crippen molar-refractivity contribution in [3.63, 3.8) is 0 Å². The van der Waals surface area contributed by atoms with Crippen molar-refractivity contribution in [3.05, 3.63) is 42.9 Å². The molecule has 0 saturated carbocycles. The van der Waals surface area contributed by atoms with Gasteiger partial charge in [-0.1, -0.05) is 30.3 Å². The van der Waals surface area contributed by atoms with Gasteiger partial charge in [-0.2, -0.15) is 0 Å². The maximum Gasteiger partial charge on any atom is 0.324 e. The number of nitrogens with zero attached hydrogens (tertiary/aromatic N) is 2. The van der Waals surface area contributed by atoms with Crippen molar-refractivity contribution in [1.82, 2.24) is 9.55 Å². The summed E-state index contributed by atoms with van der Waals surface area (Å²) in [6, 6.07) is 9.17. The lowest BCUT2D eigenvalue weighted by Gasteiger charge is -2.10. The summed E-state index contributed by atoms with van der Waals surface area (Å²) in [6.07, 6.45) is 3.54. The van der Waals surface area contributed by atoms with Crippen LogP contribution in [0, 0.1) is 0 Å². The van der Waals surface area contributed by atoms with E-state index in [2.05, 4.69) is 4.98 Å². The summed E-state index contributed by atoms with van der Waals surface area (Å²) < 4.78 is 6.67. The van der Waals surface area contributed by atoms with Gasteiger partial charge in [-0.05, 0) is 6.92 Å². The van der Waals surface area contributed by atoms with Gasteiger partial charge in [0.05, 0.1) is 18.6 Å². The van der Waals surface area contributed by atoms with Crippen LogP contribution in [-0.4, -0.2) is 28.2 Å². The fourth-order valence-corrected chi connectivity index (χ4v) is 1.77. The Kier molecular flexibility index (Phi) is 4.30. The molecule has 19 heavy (non-hydrogen) atoms. The topological polar surface area (TPSA) is 70.1 Å². The highest BCUT2D eigenvalue weighted by atomic mass is 16.5. The smallest absolute Gasteiger partial charge is 0.324 e. The predicted octanol–water partition coefficient (Wildman–Crippen LogP) is 1.44. The molecular weight excluding hydrogens is 242 g/mol. The molecule has 1 aromatic heterocycles. The molecule has 1 heterocycles. The molecule has 0 aliphatic heterocycles. The zero-order valence-electron chi connectivity index (χ0n) is 10.8. The van der Waals surface area contributed by atoms with Crippen LogP contribution in [0.25, 0.3) is 11.3 Å². The molecule has 0 spiro atoms. The fourth-order valence-electron chi connectivity index (χ4n) is 1.77. The molecule has 0 amide bonds. The van der Waals surface area contributed by atoms with E-state index < -0.39 is 12.0 Å². The first-order chi connectivity index (χ1) is 9.20. The van der Waals surface area contributed by atoms with E-state index in [9.17, 15) is 4.79 Å². The molecule has 5 heteroatoms. The number of hydrogen-bond donors (Lipinski definition) is 1. The van der Waals surface area contributed by atoms with E-state index in [0.717, 1.165) is 11.3 Å². The molecule has 0 fully saturated rings. The number of esters is 1. The molecule has 2 N–H and O–H groups in total. The first-order valence-corrected chi connectivity index (χ1v) is 6.20. The maximum absolute atomic E-state index is 11.4. The standard InChI is InChI=1S/C14H17N3O2/c1-2-19-14(18)12(15)8-17-9-13(16-10-17)11-6-4-3-5-7-11/h3-7,9-10,12H,2,8,15H2,1H3/t12-/m0/s1. The lowest BCUT2D eigenvalue weighted by atomic mass is 10.2. The van der Waals surface area contributed by atoms with Crippen LogP contribution in [0.3, 0.4) is 0 Å². The second-order valence-electron chi connectivity index (χ2n) is 4.18. The van der Waals surface area contributed by atoms with Crippen molar-refractivity contribution in [2.45, 2.75) is 19.5 Å².